The number of carbonyl (C=O) groups is 1. The van der Waals surface area contributed by atoms with Gasteiger partial charge in [-0.05, 0) is 67.5 Å². The number of alkyl halides is 1. The summed E-state index contributed by atoms with van der Waals surface area (Å²) >= 11 is 0. The zero-order chi connectivity index (χ0) is 25.4. The van der Waals surface area contributed by atoms with Crippen LogP contribution in [0.15, 0.2) is 42.0 Å². The van der Waals surface area contributed by atoms with Crippen LogP contribution >= 0.6 is 0 Å². The average molecular weight is 492 g/mol. The highest BCUT2D eigenvalue weighted by atomic mass is 19.1. The molecule has 1 heterocycles. The van der Waals surface area contributed by atoms with Gasteiger partial charge in [0.1, 0.15) is 12.0 Å². The molecule has 1 aromatic carbocycles. The van der Waals surface area contributed by atoms with Crippen molar-refractivity contribution in [1.82, 2.24) is 4.90 Å². The van der Waals surface area contributed by atoms with E-state index in [2.05, 4.69) is 4.90 Å². The first kappa shape index (κ1) is 27.5. The number of likely N-dealkylation sites (tertiary alicyclic amines) is 1. The van der Waals surface area contributed by atoms with E-state index in [-0.39, 0.29) is 31.4 Å². The van der Waals surface area contributed by atoms with E-state index < -0.39 is 30.2 Å². The lowest BCUT2D eigenvalue weighted by Crippen LogP contribution is -2.38. The van der Waals surface area contributed by atoms with Gasteiger partial charge in [0.05, 0.1) is 18.8 Å². The van der Waals surface area contributed by atoms with Crippen molar-refractivity contribution in [1.29, 1.82) is 0 Å². The lowest BCUT2D eigenvalue weighted by atomic mass is 9.92. The summed E-state index contributed by atoms with van der Waals surface area (Å²) in [6, 6.07) is 5.00. The minimum Gasteiger partial charge on any atom is -0.481 e. The lowest BCUT2D eigenvalue weighted by Gasteiger charge is -2.29. The first-order chi connectivity index (χ1) is 16.8. The normalized spacial score (nSPS) is 24.4. The molecule has 0 amide bonds. The van der Waals surface area contributed by atoms with E-state index in [9.17, 15) is 18.7 Å². The third-order valence-electron chi connectivity index (χ3n) is 7.04. The van der Waals surface area contributed by atoms with Crippen LogP contribution in [-0.4, -0.2) is 59.1 Å². The second kappa shape index (κ2) is 13.3. The van der Waals surface area contributed by atoms with Gasteiger partial charge < -0.3 is 14.9 Å². The van der Waals surface area contributed by atoms with Crippen molar-refractivity contribution in [2.24, 2.45) is 5.92 Å². The summed E-state index contributed by atoms with van der Waals surface area (Å²) in [7, 11) is 0. The molecule has 3 rings (SSSR count). The number of hydrogen-bond donors (Lipinski definition) is 2. The fraction of sp³-hybridized carbons (Fsp3) is 0.607. The number of carboxylic acids is 1. The molecule has 194 valence electrons. The summed E-state index contributed by atoms with van der Waals surface area (Å²) in [4.78, 5) is 13.3. The number of carboxylic acid groups (broad SMARTS) is 1. The Kier molecular flexibility index (Phi) is 10.4. The van der Waals surface area contributed by atoms with Gasteiger partial charge in [0, 0.05) is 24.9 Å². The van der Waals surface area contributed by atoms with Gasteiger partial charge in [0.25, 0.3) is 0 Å². The summed E-state index contributed by atoms with van der Waals surface area (Å²) in [5.74, 6) is -1.49. The molecule has 5 atom stereocenters. The number of aliphatic hydroxyl groups is 1. The lowest BCUT2D eigenvalue weighted by molar-refractivity contribution is -0.136. The maximum atomic E-state index is 14.5. The van der Waals surface area contributed by atoms with E-state index in [0.29, 0.717) is 24.1 Å². The predicted octanol–water partition coefficient (Wildman–Crippen LogP) is 5.39. The van der Waals surface area contributed by atoms with Crippen LogP contribution in [0.2, 0.25) is 0 Å². The standard InChI is InChI=1S/C28H39F2NO4/c1-3-6-27(24-8-4-9-25(29)23(24)12-13-28(33)34)35-18-22(32)17-31-14-5-7-21(31)15-20-11-10-19(2)26(30)16-20/h4,8-11,16,19,21-22,26-27,32H,3,5-7,12-15,17-18H2,1-2H3,(H,33,34)/t19?,21-,22?,26?,27+/m0/s1. The molecule has 0 saturated carbocycles. The molecular formula is C28H39F2NO4. The highest BCUT2D eigenvalue weighted by Crippen LogP contribution is 2.30. The van der Waals surface area contributed by atoms with Crippen LogP contribution in [0.5, 0.6) is 0 Å². The number of aliphatic hydroxyl groups excluding tert-OH is 1. The number of rotatable bonds is 13. The fourth-order valence-corrected chi connectivity index (χ4v) is 5.08. The van der Waals surface area contributed by atoms with E-state index >= 15 is 0 Å². The van der Waals surface area contributed by atoms with Crippen LogP contribution in [0.1, 0.15) is 69.6 Å². The Hall–Kier alpha value is -2.09. The van der Waals surface area contributed by atoms with Gasteiger partial charge in [-0.25, -0.2) is 8.78 Å². The third-order valence-corrected chi connectivity index (χ3v) is 7.04. The van der Waals surface area contributed by atoms with E-state index in [1.54, 1.807) is 18.2 Å². The molecule has 1 aromatic rings. The number of benzene rings is 1. The Bertz CT molecular complexity index is 903. The minimum atomic E-state index is -0.973. The molecule has 1 saturated heterocycles. The Labute approximate surface area is 207 Å². The first-order valence-corrected chi connectivity index (χ1v) is 12.8. The van der Waals surface area contributed by atoms with Gasteiger partial charge in [-0.2, -0.15) is 0 Å². The smallest absolute Gasteiger partial charge is 0.303 e. The molecule has 5 nitrogen and oxygen atoms in total. The molecule has 2 aliphatic rings. The number of β-amino-alcohol motifs (C(OH)–C–C–N with tert-alkyl or cyclic N) is 1. The highest BCUT2D eigenvalue weighted by Gasteiger charge is 2.28. The maximum absolute atomic E-state index is 14.5. The largest absolute Gasteiger partial charge is 0.481 e. The van der Waals surface area contributed by atoms with Gasteiger partial charge in [-0.15, -0.1) is 0 Å². The molecule has 1 aliphatic heterocycles. The summed E-state index contributed by atoms with van der Waals surface area (Å²) in [5.41, 5.74) is 2.04. The second-order valence-corrected chi connectivity index (χ2v) is 9.87. The Morgan fingerprint density at radius 1 is 1.34 bits per heavy atom. The third kappa shape index (κ3) is 7.95. The number of halogens is 2. The van der Waals surface area contributed by atoms with Crippen molar-refractivity contribution in [3.8, 4) is 0 Å². The van der Waals surface area contributed by atoms with Crippen LogP contribution < -0.4 is 0 Å². The number of nitrogens with zero attached hydrogens (tertiary/aromatic N) is 1. The molecule has 0 aromatic heterocycles. The van der Waals surface area contributed by atoms with E-state index in [1.807, 2.05) is 26.0 Å². The van der Waals surface area contributed by atoms with E-state index in [0.717, 1.165) is 37.8 Å². The summed E-state index contributed by atoms with van der Waals surface area (Å²) < 4.78 is 34.7. The number of allylic oxidation sites excluding steroid dienone is 3. The van der Waals surface area contributed by atoms with Crippen LogP contribution in [0.25, 0.3) is 0 Å². The second-order valence-electron chi connectivity index (χ2n) is 9.87. The summed E-state index contributed by atoms with van der Waals surface area (Å²) in [6.45, 7) is 5.34. The van der Waals surface area contributed by atoms with Crippen LogP contribution in [0.4, 0.5) is 8.78 Å². The summed E-state index contributed by atoms with van der Waals surface area (Å²) in [5, 5.41) is 19.8. The van der Waals surface area contributed by atoms with Crippen molar-refractivity contribution < 1.29 is 28.5 Å². The first-order valence-electron chi connectivity index (χ1n) is 12.8. The molecule has 7 heteroatoms. The van der Waals surface area contributed by atoms with Crippen molar-refractivity contribution in [3.05, 3.63) is 58.9 Å². The zero-order valence-corrected chi connectivity index (χ0v) is 20.8. The van der Waals surface area contributed by atoms with E-state index in [1.165, 1.54) is 6.07 Å². The molecule has 0 bridgehead atoms. The van der Waals surface area contributed by atoms with Gasteiger partial charge >= 0.3 is 5.97 Å². The molecule has 1 fully saturated rings. The zero-order valence-electron chi connectivity index (χ0n) is 20.8. The Balaban J connectivity index is 1.58. The quantitative estimate of drug-likeness (QED) is 0.387. The SMILES string of the molecule is CCC[C@@H](OCC(O)CN1CCC[C@H]1CC1=CC(F)C(C)C=C1)c1cccc(F)c1CCC(=O)O. The highest BCUT2D eigenvalue weighted by molar-refractivity contribution is 5.67. The van der Waals surface area contributed by atoms with Gasteiger partial charge in [-0.1, -0.05) is 44.6 Å². The topological polar surface area (TPSA) is 70.0 Å². The van der Waals surface area contributed by atoms with Crippen LogP contribution in [0, 0.1) is 11.7 Å². The van der Waals surface area contributed by atoms with Crippen molar-refractivity contribution >= 4 is 5.97 Å². The maximum Gasteiger partial charge on any atom is 0.303 e. The van der Waals surface area contributed by atoms with E-state index in [4.69, 9.17) is 9.84 Å². The molecule has 1 aliphatic carbocycles. The monoisotopic (exact) mass is 491 g/mol. The fourth-order valence-electron chi connectivity index (χ4n) is 5.08. The predicted molar refractivity (Wildman–Crippen MR) is 132 cm³/mol. The van der Waals surface area contributed by atoms with Crippen LogP contribution in [-0.2, 0) is 16.0 Å². The molecule has 0 spiro atoms. The molecule has 0 radical (unpaired) electrons. The van der Waals surface area contributed by atoms with Crippen LogP contribution in [0.3, 0.4) is 0 Å². The number of ether oxygens (including phenoxy) is 1. The van der Waals surface area contributed by atoms with Crippen molar-refractivity contribution in [2.45, 2.75) is 83.2 Å². The number of hydrogen-bond acceptors (Lipinski definition) is 4. The van der Waals surface area contributed by atoms with Gasteiger partial charge in [0.2, 0.25) is 0 Å². The molecule has 35 heavy (non-hydrogen) atoms. The molecule has 2 N–H and O–H groups in total. The van der Waals surface area contributed by atoms with Gasteiger partial charge in [0.15, 0.2) is 0 Å². The van der Waals surface area contributed by atoms with Crippen molar-refractivity contribution in [3.63, 3.8) is 0 Å². The van der Waals surface area contributed by atoms with Gasteiger partial charge in [-0.3, -0.25) is 9.69 Å². The average Bonchev–Trinajstić information content (AvgIpc) is 3.24. The van der Waals surface area contributed by atoms with Crippen molar-refractivity contribution in [2.75, 3.05) is 19.7 Å². The Morgan fingerprint density at radius 3 is 2.86 bits per heavy atom. The summed E-state index contributed by atoms with van der Waals surface area (Å²) in [6.07, 6.45) is 7.82. The number of aliphatic carboxylic acids is 1. The molecular weight excluding hydrogens is 452 g/mol. The molecule has 3 unspecified atom stereocenters. The Morgan fingerprint density at radius 2 is 2.14 bits per heavy atom. The minimum absolute atomic E-state index is 0.0869.